The first-order valence-electron chi connectivity index (χ1n) is 10.3. The number of pyridine rings is 1. The molecule has 1 aromatic carbocycles. The van der Waals surface area contributed by atoms with Crippen molar-refractivity contribution in [3.8, 4) is 0 Å². The van der Waals surface area contributed by atoms with Crippen molar-refractivity contribution in [2.45, 2.75) is 32.1 Å². The number of carbonyl (C=O) groups is 1. The second-order valence-electron chi connectivity index (χ2n) is 8.29. The average Bonchev–Trinajstić information content (AvgIpc) is 2.74. The number of nitrogens with zero attached hydrogens (tertiary/aromatic N) is 3. The maximum absolute atomic E-state index is 14.0. The van der Waals surface area contributed by atoms with Crippen molar-refractivity contribution in [3.05, 3.63) is 65.7 Å². The monoisotopic (exact) mass is 381 g/mol. The van der Waals surface area contributed by atoms with E-state index in [1.54, 1.807) is 0 Å². The van der Waals surface area contributed by atoms with Crippen molar-refractivity contribution in [1.29, 1.82) is 0 Å². The fraction of sp³-hybridized carbons (Fsp3) is 0.478. The van der Waals surface area contributed by atoms with Gasteiger partial charge in [-0.3, -0.25) is 9.78 Å². The molecule has 5 heteroatoms. The van der Waals surface area contributed by atoms with Gasteiger partial charge >= 0.3 is 0 Å². The molecule has 4 rings (SSSR count). The van der Waals surface area contributed by atoms with E-state index >= 15 is 0 Å². The summed E-state index contributed by atoms with van der Waals surface area (Å²) in [6.07, 6.45) is 5.71. The predicted molar refractivity (Wildman–Crippen MR) is 108 cm³/mol. The molecule has 1 amide bonds. The molecule has 1 spiro atoms. The molecule has 3 heterocycles. The van der Waals surface area contributed by atoms with Crippen LogP contribution in [0.25, 0.3) is 0 Å². The summed E-state index contributed by atoms with van der Waals surface area (Å²) in [7, 11) is 0. The molecule has 2 aromatic rings. The number of amides is 1. The fourth-order valence-electron chi connectivity index (χ4n) is 4.96. The Hall–Kier alpha value is -2.27. The van der Waals surface area contributed by atoms with E-state index < -0.39 is 5.82 Å². The van der Waals surface area contributed by atoms with Gasteiger partial charge in [-0.2, -0.15) is 0 Å². The zero-order chi connectivity index (χ0) is 19.6. The zero-order valence-electron chi connectivity index (χ0n) is 16.5. The topological polar surface area (TPSA) is 36.4 Å². The lowest BCUT2D eigenvalue weighted by Crippen LogP contribution is -2.52. The fourth-order valence-corrected chi connectivity index (χ4v) is 4.96. The van der Waals surface area contributed by atoms with Crippen LogP contribution in [-0.2, 0) is 0 Å². The zero-order valence-corrected chi connectivity index (χ0v) is 16.5. The summed E-state index contributed by atoms with van der Waals surface area (Å²) in [4.78, 5) is 20.9. The number of benzene rings is 1. The second kappa shape index (κ2) is 8.00. The molecule has 0 saturated carbocycles. The number of hydrogen-bond acceptors (Lipinski definition) is 3. The number of halogens is 1. The minimum Gasteiger partial charge on any atom is -0.339 e. The standard InChI is InChI=1S/C23H28FN3O/c1-2-26-16-19(18-6-4-3-5-7-18)14-23(17-26)9-12-27(13-10-23)22(28)20-8-11-25-15-21(20)24/h3-8,11,15,19H,2,9-10,12-14,16-17H2,1H3. The normalized spacial score (nSPS) is 22.4. The number of aromatic nitrogens is 1. The van der Waals surface area contributed by atoms with Gasteiger partial charge < -0.3 is 9.80 Å². The van der Waals surface area contributed by atoms with Crippen LogP contribution in [0.1, 0.15) is 48.0 Å². The third kappa shape index (κ3) is 3.81. The van der Waals surface area contributed by atoms with Gasteiger partial charge in [0.15, 0.2) is 5.82 Å². The lowest BCUT2D eigenvalue weighted by molar-refractivity contribution is 0.0156. The van der Waals surface area contributed by atoms with Crippen LogP contribution in [0, 0.1) is 11.2 Å². The van der Waals surface area contributed by atoms with E-state index in [0.29, 0.717) is 19.0 Å². The van der Waals surface area contributed by atoms with Crippen molar-refractivity contribution in [1.82, 2.24) is 14.8 Å². The number of carbonyl (C=O) groups excluding carboxylic acids is 1. The van der Waals surface area contributed by atoms with Gasteiger partial charge in [0.25, 0.3) is 5.91 Å². The summed E-state index contributed by atoms with van der Waals surface area (Å²) < 4.78 is 14.0. The Bertz CT molecular complexity index is 818. The third-order valence-electron chi connectivity index (χ3n) is 6.55. The van der Waals surface area contributed by atoms with Crippen LogP contribution < -0.4 is 0 Å². The molecule has 2 saturated heterocycles. The highest BCUT2D eigenvalue weighted by Crippen LogP contribution is 2.45. The molecule has 2 aliphatic rings. The van der Waals surface area contributed by atoms with Crippen LogP contribution in [0.4, 0.5) is 4.39 Å². The number of likely N-dealkylation sites (N-methyl/N-ethyl adjacent to an activating group) is 1. The first kappa shape index (κ1) is 19.1. The second-order valence-corrected chi connectivity index (χ2v) is 8.29. The van der Waals surface area contributed by atoms with Crippen LogP contribution in [0.2, 0.25) is 0 Å². The first-order valence-corrected chi connectivity index (χ1v) is 10.3. The number of rotatable bonds is 3. The molecule has 1 atom stereocenters. The van der Waals surface area contributed by atoms with Crippen LogP contribution >= 0.6 is 0 Å². The molecule has 0 aliphatic carbocycles. The van der Waals surface area contributed by atoms with Gasteiger partial charge in [-0.25, -0.2) is 4.39 Å². The third-order valence-corrected chi connectivity index (χ3v) is 6.55. The van der Waals surface area contributed by atoms with E-state index in [1.165, 1.54) is 24.2 Å². The molecule has 0 N–H and O–H groups in total. The Morgan fingerprint density at radius 1 is 1.21 bits per heavy atom. The van der Waals surface area contributed by atoms with Gasteiger partial charge in [0.2, 0.25) is 0 Å². The molecular formula is C23H28FN3O. The molecule has 148 valence electrons. The molecule has 2 aliphatic heterocycles. The van der Waals surface area contributed by atoms with E-state index in [-0.39, 0.29) is 16.9 Å². The van der Waals surface area contributed by atoms with Gasteiger partial charge in [0, 0.05) is 32.4 Å². The molecule has 0 radical (unpaired) electrons. The highest BCUT2D eigenvalue weighted by Gasteiger charge is 2.42. The van der Waals surface area contributed by atoms with Crippen molar-refractivity contribution >= 4 is 5.91 Å². The van der Waals surface area contributed by atoms with E-state index in [9.17, 15) is 9.18 Å². The van der Waals surface area contributed by atoms with E-state index in [4.69, 9.17) is 0 Å². The van der Waals surface area contributed by atoms with Gasteiger partial charge in [0.1, 0.15) is 0 Å². The van der Waals surface area contributed by atoms with Crippen molar-refractivity contribution in [3.63, 3.8) is 0 Å². The Labute approximate surface area is 166 Å². The van der Waals surface area contributed by atoms with Crippen LogP contribution in [0.3, 0.4) is 0 Å². The van der Waals surface area contributed by atoms with E-state index in [0.717, 1.165) is 38.7 Å². The molecule has 0 bridgehead atoms. The Kier molecular flexibility index (Phi) is 5.44. The largest absolute Gasteiger partial charge is 0.339 e. The summed E-state index contributed by atoms with van der Waals surface area (Å²) >= 11 is 0. The number of piperidine rings is 2. The Balaban J connectivity index is 1.47. The van der Waals surface area contributed by atoms with Gasteiger partial charge in [0.05, 0.1) is 11.8 Å². The quantitative estimate of drug-likeness (QED) is 0.808. The SMILES string of the molecule is CCN1CC(c2ccccc2)CC2(CCN(C(=O)c3ccncc3F)CC2)C1. The van der Waals surface area contributed by atoms with Crippen molar-refractivity contribution in [2.75, 3.05) is 32.7 Å². The van der Waals surface area contributed by atoms with Crippen molar-refractivity contribution < 1.29 is 9.18 Å². The molecule has 1 aromatic heterocycles. The van der Waals surface area contributed by atoms with Gasteiger partial charge in [-0.1, -0.05) is 37.3 Å². The smallest absolute Gasteiger partial charge is 0.256 e. The minimum atomic E-state index is -0.535. The number of hydrogen-bond donors (Lipinski definition) is 0. The van der Waals surface area contributed by atoms with Gasteiger partial charge in [-0.05, 0) is 48.8 Å². The molecule has 2 fully saturated rings. The minimum absolute atomic E-state index is 0.131. The number of likely N-dealkylation sites (tertiary alicyclic amines) is 2. The Morgan fingerprint density at radius 3 is 2.64 bits per heavy atom. The average molecular weight is 381 g/mol. The van der Waals surface area contributed by atoms with Crippen molar-refractivity contribution in [2.24, 2.45) is 5.41 Å². The highest BCUT2D eigenvalue weighted by atomic mass is 19.1. The molecule has 28 heavy (non-hydrogen) atoms. The summed E-state index contributed by atoms with van der Waals surface area (Å²) in [5.74, 6) is -0.209. The summed E-state index contributed by atoms with van der Waals surface area (Å²) in [6, 6.07) is 12.3. The lowest BCUT2D eigenvalue weighted by atomic mass is 9.68. The van der Waals surface area contributed by atoms with Crippen LogP contribution in [0.15, 0.2) is 48.8 Å². The maximum Gasteiger partial charge on any atom is 0.256 e. The van der Waals surface area contributed by atoms with Crippen LogP contribution in [-0.4, -0.2) is 53.4 Å². The summed E-state index contributed by atoms with van der Waals surface area (Å²) in [5.41, 5.74) is 1.78. The van der Waals surface area contributed by atoms with E-state index in [1.807, 2.05) is 4.90 Å². The van der Waals surface area contributed by atoms with Gasteiger partial charge in [-0.15, -0.1) is 0 Å². The summed E-state index contributed by atoms with van der Waals surface area (Å²) in [6.45, 7) is 6.87. The Morgan fingerprint density at radius 2 is 1.96 bits per heavy atom. The van der Waals surface area contributed by atoms with Crippen LogP contribution in [0.5, 0.6) is 0 Å². The molecular weight excluding hydrogens is 353 g/mol. The summed E-state index contributed by atoms with van der Waals surface area (Å²) in [5, 5.41) is 0. The lowest BCUT2D eigenvalue weighted by Gasteiger charge is -2.50. The molecule has 4 nitrogen and oxygen atoms in total. The molecule has 1 unspecified atom stereocenters. The van der Waals surface area contributed by atoms with E-state index in [2.05, 4.69) is 47.1 Å². The first-order chi connectivity index (χ1) is 13.6. The highest BCUT2D eigenvalue weighted by molar-refractivity contribution is 5.94. The predicted octanol–water partition coefficient (Wildman–Crippen LogP) is 3.95. The maximum atomic E-state index is 14.0.